The Morgan fingerprint density at radius 1 is 1.19 bits per heavy atom. The summed E-state index contributed by atoms with van der Waals surface area (Å²) in [6.07, 6.45) is 4.67. The highest BCUT2D eigenvalue weighted by atomic mass is 16.5. The zero-order chi connectivity index (χ0) is 19.1. The first kappa shape index (κ1) is 19.5. The van der Waals surface area contributed by atoms with E-state index in [-0.39, 0.29) is 17.7 Å². The Morgan fingerprint density at radius 2 is 1.88 bits per heavy atom. The van der Waals surface area contributed by atoms with Crippen molar-refractivity contribution in [1.82, 2.24) is 4.57 Å². The Kier molecular flexibility index (Phi) is 6.78. The summed E-state index contributed by atoms with van der Waals surface area (Å²) >= 11 is 0. The molecule has 0 saturated carbocycles. The second-order valence-electron chi connectivity index (χ2n) is 5.76. The lowest BCUT2D eigenvalue weighted by Gasteiger charge is -2.11. The number of ether oxygens (including phenoxy) is 2. The van der Waals surface area contributed by atoms with E-state index in [0.29, 0.717) is 6.54 Å². The Morgan fingerprint density at radius 3 is 2.42 bits per heavy atom. The van der Waals surface area contributed by atoms with Crippen molar-refractivity contribution in [3.05, 3.63) is 62.4 Å². The maximum Gasteiger partial charge on any atom is 0.343 e. The number of hydrogen-bond acceptors (Lipinski definition) is 4. The fourth-order valence-corrected chi connectivity index (χ4v) is 2.78. The Hall–Kier alpha value is -2.82. The van der Waals surface area contributed by atoms with Crippen LogP contribution < -0.4 is 20.9 Å². The van der Waals surface area contributed by atoms with Gasteiger partial charge in [-0.15, -0.1) is 0 Å². The van der Waals surface area contributed by atoms with Crippen LogP contribution >= 0.6 is 0 Å². The molecule has 0 radical (unpaired) electrons. The maximum absolute atomic E-state index is 13.0. The van der Waals surface area contributed by atoms with Crippen molar-refractivity contribution < 1.29 is 14.3 Å². The van der Waals surface area contributed by atoms with Crippen molar-refractivity contribution in [2.45, 2.75) is 33.7 Å². The van der Waals surface area contributed by atoms with Gasteiger partial charge in [0.05, 0.1) is 20.3 Å². The van der Waals surface area contributed by atoms with Crippen LogP contribution in [0, 0.1) is 0 Å². The van der Waals surface area contributed by atoms with Crippen LogP contribution in [0.5, 0.6) is 5.75 Å². The first-order valence-corrected chi connectivity index (χ1v) is 8.76. The molecule has 0 spiro atoms. The van der Waals surface area contributed by atoms with E-state index in [1.807, 2.05) is 50.3 Å². The van der Waals surface area contributed by atoms with Crippen molar-refractivity contribution >= 4 is 18.1 Å². The fraction of sp³-hybridized carbons (Fsp3) is 0.333. The van der Waals surface area contributed by atoms with Crippen LogP contribution in [0.25, 0.3) is 12.2 Å². The smallest absolute Gasteiger partial charge is 0.343 e. The third-order valence-electron chi connectivity index (χ3n) is 4.07. The Labute approximate surface area is 153 Å². The highest BCUT2D eigenvalue weighted by Gasteiger charge is 2.15. The van der Waals surface area contributed by atoms with Gasteiger partial charge >= 0.3 is 5.97 Å². The normalized spacial score (nSPS) is 12.3. The number of pyridine rings is 1. The van der Waals surface area contributed by atoms with E-state index in [2.05, 4.69) is 0 Å². The number of nitrogens with zero attached hydrogens (tertiary/aromatic N) is 1. The topological polar surface area (TPSA) is 57.5 Å². The molecule has 0 aliphatic rings. The third kappa shape index (κ3) is 4.23. The quantitative estimate of drug-likeness (QED) is 0.745. The Bertz CT molecular complexity index is 940. The summed E-state index contributed by atoms with van der Waals surface area (Å²) in [5.74, 6) is 0.163. The van der Waals surface area contributed by atoms with Crippen LogP contribution in [-0.4, -0.2) is 24.3 Å². The molecule has 5 nitrogen and oxygen atoms in total. The number of methoxy groups -OCH3 is 1. The molecule has 2 aromatic rings. The third-order valence-corrected chi connectivity index (χ3v) is 4.07. The van der Waals surface area contributed by atoms with E-state index in [1.54, 1.807) is 24.7 Å². The van der Waals surface area contributed by atoms with Gasteiger partial charge in [0.2, 0.25) is 0 Å². The molecule has 0 bridgehead atoms. The predicted octanol–water partition coefficient (Wildman–Crippen LogP) is 2.07. The number of esters is 1. The van der Waals surface area contributed by atoms with Crippen LogP contribution in [0.1, 0.15) is 43.1 Å². The van der Waals surface area contributed by atoms with Crippen LogP contribution in [0.4, 0.5) is 0 Å². The lowest BCUT2D eigenvalue weighted by atomic mass is 10.1. The lowest BCUT2D eigenvalue weighted by molar-refractivity contribution is 0.0523. The molecular formula is C21H25NO4. The van der Waals surface area contributed by atoms with E-state index in [9.17, 15) is 9.59 Å². The monoisotopic (exact) mass is 355 g/mol. The van der Waals surface area contributed by atoms with Crippen molar-refractivity contribution in [3.8, 4) is 5.75 Å². The van der Waals surface area contributed by atoms with Crippen LogP contribution in [0.15, 0.2) is 35.1 Å². The minimum absolute atomic E-state index is 0.0571. The molecule has 2 rings (SSSR count). The minimum Gasteiger partial charge on any atom is -0.497 e. The van der Waals surface area contributed by atoms with Crippen LogP contribution in [0.3, 0.4) is 0 Å². The van der Waals surface area contributed by atoms with Crippen molar-refractivity contribution in [1.29, 1.82) is 0 Å². The summed E-state index contributed by atoms with van der Waals surface area (Å²) in [4.78, 5) is 25.2. The van der Waals surface area contributed by atoms with Crippen molar-refractivity contribution in [3.63, 3.8) is 0 Å². The average Bonchev–Trinajstić information content (AvgIpc) is 2.65. The number of carbonyl (C=O) groups excluding carboxylic acids is 1. The van der Waals surface area contributed by atoms with E-state index < -0.39 is 5.97 Å². The lowest BCUT2D eigenvalue weighted by Crippen LogP contribution is -2.46. The zero-order valence-electron chi connectivity index (χ0n) is 15.7. The van der Waals surface area contributed by atoms with E-state index in [1.165, 1.54) is 0 Å². The van der Waals surface area contributed by atoms with Crippen LogP contribution in [0.2, 0.25) is 0 Å². The van der Waals surface area contributed by atoms with Gasteiger partial charge < -0.3 is 14.0 Å². The molecule has 0 saturated heterocycles. The first-order chi connectivity index (χ1) is 12.5. The highest BCUT2D eigenvalue weighted by molar-refractivity contribution is 5.89. The average molecular weight is 355 g/mol. The molecule has 1 aromatic heterocycles. The molecule has 1 heterocycles. The van der Waals surface area contributed by atoms with Gasteiger partial charge in [-0.25, -0.2) is 4.79 Å². The Balaban J connectivity index is 2.67. The number of hydrogen-bond donors (Lipinski definition) is 0. The van der Waals surface area contributed by atoms with Crippen LogP contribution in [-0.2, 0) is 11.3 Å². The van der Waals surface area contributed by atoms with Gasteiger partial charge in [0.15, 0.2) is 0 Å². The van der Waals surface area contributed by atoms with E-state index in [4.69, 9.17) is 9.47 Å². The van der Waals surface area contributed by atoms with E-state index in [0.717, 1.165) is 28.3 Å². The second kappa shape index (κ2) is 9.04. The summed E-state index contributed by atoms with van der Waals surface area (Å²) in [6, 6.07) is 9.14. The molecule has 0 atom stereocenters. The van der Waals surface area contributed by atoms with Gasteiger partial charge in [0, 0.05) is 5.35 Å². The number of benzene rings is 1. The van der Waals surface area contributed by atoms with Gasteiger partial charge in [0.25, 0.3) is 5.56 Å². The number of carbonyl (C=O) groups is 1. The standard InChI is InChI=1S/C21H25NO4/c1-5-8-19-16(6-2)13-18(21(24)26-7-3)20(23)22(19)14-15-9-11-17(25-4)12-10-15/h6,8-13H,5,7,14H2,1-4H3/b16-6-,19-8+. The van der Waals surface area contributed by atoms with Gasteiger partial charge in [0.1, 0.15) is 11.3 Å². The van der Waals surface area contributed by atoms with Gasteiger partial charge in [-0.2, -0.15) is 0 Å². The molecule has 0 fully saturated rings. The number of aromatic nitrogens is 1. The van der Waals surface area contributed by atoms with Crippen molar-refractivity contribution in [2.75, 3.05) is 13.7 Å². The predicted molar refractivity (Wildman–Crippen MR) is 103 cm³/mol. The second-order valence-corrected chi connectivity index (χ2v) is 5.76. The SMILES string of the molecule is C/C=c1/cc(C(=O)OCC)c(=O)n(Cc2ccc(OC)cc2)/c1=C/CC. The zero-order valence-corrected chi connectivity index (χ0v) is 15.7. The summed E-state index contributed by atoms with van der Waals surface area (Å²) in [6.45, 7) is 6.22. The minimum atomic E-state index is -0.591. The summed E-state index contributed by atoms with van der Waals surface area (Å²) in [5.41, 5.74) is 0.660. The molecule has 0 N–H and O–H groups in total. The van der Waals surface area contributed by atoms with Gasteiger partial charge in [-0.3, -0.25) is 4.79 Å². The number of rotatable bonds is 6. The molecule has 5 heteroatoms. The summed E-state index contributed by atoms with van der Waals surface area (Å²) < 4.78 is 11.9. The van der Waals surface area contributed by atoms with Gasteiger partial charge in [-0.05, 0) is 49.2 Å². The van der Waals surface area contributed by atoms with E-state index >= 15 is 0 Å². The molecule has 1 aromatic carbocycles. The first-order valence-electron chi connectivity index (χ1n) is 8.76. The summed E-state index contributed by atoms with van der Waals surface area (Å²) in [5, 5.41) is 1.65. The molecule has 0 amide bonds. The molecule has 138 valence electrons. The van der Waals surface area contributed by atoms with Crippen molar-refractivity contribution in [2.24, 2.45) is 0 Å². The van der Waals surface area contributed by atoms with Gasteiger partial charge in [-0.1, -0.05) is 31.2 Å². The molecule has 0 aliphatic heterocycles. The fourth-order valence-electron chi connectivity index (χ4n) is 2.78. The molecule has 0 aliphatic carbocycles. The summed E-state index contributed by atoms with van der Waals surface area (Å²) in [7, 11) is 1.61. The molecular weight excluding hydrogens is 330 g/mol. The molecule has 0 unspecified atom stereocenters. The largest absolute Gasteiger partial charge is 0.497 e. The maximum atomic E-state index is 13.0. The molecule has 26 heavy (non-hydrogen) atoms. The highest BCUT2D eigenvalue weighted by Crippen LogP contribution is 2.11.